The third-order valence-corrected chi connectivity index (χ3v) is 7.81. The van der Waals surface area contributed by atoms with Crippen LogP contribution in [0.1, 0.15) is 12.8 Å². The first-order chi connectivity index (χ1) is 11.2. The molecule has 4 atom stereocenters. The van der Waals surface area contributed by atoms with Crippen molar-refractivity contribution in [2.24, 2.45) is 11.8 Å². The smallest absolute Gasteiger partial charge is 0.226 e. The summed E-state index contributed by atoms with van der Waals surface area (Å²) in [6.45, 7) is 4.55. The summed E-state index contributed by atoms with van der Waals surface area (Å²) in [6, 6.07) is 0.210. The number of amides is 1. The van der Waals surface area contributed by atoms with Crippen molar-refractivity contribution < 1.29 is 4.79 Å². The Hall–Kier alpha value is -0.490. The van der Waals surface area contributed by atoms with Gasteiger partial charge in [-0.1, -0.05) is 24.3 Å². The third-order valence-electron chi connectivity index (χ3n) is 5.73. The largest absolute Gasteiger partial charge is 0.341 e. The van der Waals surface area contributed by atoms with Crippen LogP contribution in [0.4, 0.5) is 0 Å². The van der Waals surface area contributed by atoms with Crippen molar-refractivity contribution in [3.8, 4) is 0 Å². The lowest BCUT2D eigenvalue weighted by atomic mass is 9.72. The van der Waals surface area contributed by atoms with Crippen LogP contribution in [-0.4, -0.2) is 64.5 Å². The summed E-state index contributed by atoms with van der Waals surface area (Å²) in [5.41, 5.74) is 0. The van der Waals surface area contributed by atoms with Gasteiger partial charge in [0, 0.05) is 31.9 Å². The standard InChI is InChI=1S/C17H24ClN3OS/c18-21-10-5-14-13(16(22)20-9-3-7-19-8-11-20)12-23-17(14)6-2-1-4-15(17)21/h1-2,4,6,13-15,19H,3,5,7-12H2. The van der Waals surface area contributed by atoms with Gasteiger partial charge in [-0.05, 0) is 37.1 Å². The highest BCUT2D eigenvalue weighted by Gasteiger charge is 2.58. The van der Waals surface area contributed by atoms with Gasteiger partial charge in [-0.25, -0.2) is 4.42 Å². The Morgan fingerprint density at radius 3 is 3.09 bits per heavy atom. The number of nitrogens with one attached hydrogen (secondary N) is 1. The zero-order chi connectivity index (χ0) is 15.9. The Morgan fingerprint density at radius 2 is 2.17 bits per heavy atom. The van der Waals surface area contributed by atoms with Crippen molar-refractivity contribution in [3.63, 3.8) is 0 Å². The minimum absolute atomic E-state index is 0.0147. The molecule has 3 heterocycles. The van der Waals surface area contributed by atoms with E-state index < -0.39 is 0 Å². The maximum atomic E-state index is 13.2. The lowest BCUT2D eigenvalue weighted by molar-refractivity contribution is -0.136. The normalized spacial score (nSPS) is 40.6. The number of hydrogen-bond donors (Lipinski definition) is 1. The zero-order valence-electron chi connectivity index (χ0n) is 13.3. The molecular formula is C17H24ClN3OS. The highest BCUT2D eigenvalue weighted by molar-refractivity contribution is 8.01. The lowest BCUT2D eigenvalue weighted by Crippen LogP contribution is -2.56. The van der Waals surface area contributed by atoms with E-state index in [2.05, 4.69) is 34.5 Å². The summed E-state index contributed by atoms with van der Waals surface area (Å²) in [5, 5.41) is 3.39. The summed E-state index contributed by atoms with van der Waals surface area (Å²) in [7, 11) is 0. The van der Waals surface area contributed by atoms with E-state index in [1.165, 1.54) is 0 Å². The van der Waals surface area contributed by atoms with E-state index in [9.17, 15) is 4.79 Å². The summed E-state index contributed by atoms with van der Waals surface area (Å²) in [4.78, 5) is 15.2. The van der Waals surface area contributed by atoms with Crippen molar-refractivity contribution in [1.29, 1.82) is 0 Å². The molecular weight excluding hydrogens is 330 g/mol. The number of rotatable bonds is 1. The van der Waals surface area contributed by atoms with Gasteiger partial charge in [0.15, 0.2) is 0 Å². The second kappa shape index (κ2) is 6.43. The van der Waals surface area contributed by atoms with Gasteiger partial charge < -0.3 is 10.2 Å². The average Bonchev–Trinajstić information content (AvgIpc) is 2.75. The van der Waals surface area contributed by atoms with E-state index in [0.717, 1.165) is 51.3 Å². The summed E-state index contributed by atoms with van der Waals surface area (Å²) < 4.78 is 1.92. The molecule has 4 rings (SSSR count). The van der Waals surface area contributed by atoms with Crippen molar-refractivity contribution in [1.82, 2.24) is 14.6 Å². The highest BCUT2D eigenvalue weighted by atomic mass is 35.5. The molecule has 0 aromatic carbocycles. The average molecular weight is 354 g/mol. The van der Waals surface area contributed by atoms with E-state index in [1.807, 2.05) is 16.2 Å². The fourth-order valence-electron chi connectivity index (χ4n) is 4.56. The van der Waals surface area contributed by atoms with Gasteiger partial charge in [-0.15, -0.1) is 11.8 Å². The summed E-state index contributed by atoms with van der Waals surface area (Å²) in [6.07, 6.45) is 10.8. The minimum atomic E-state index is -0.0147. The molecule has 4 unspecified atom stereocenters. The SMILES string of the molecule is O=C(C1CSC23C=CC=CC2N(Cl)CCC13)N1CCCNCC1. The topological polar surface area (TPSA) is 35.6 Å². The second-order valence-corrected chi connectivity index (χ2v) is 8.67. The fraction of sp³-hybridized carbons (Fsp3) is 0.706. The molecule has 1 N–H and O–H groups in total. The minimum Gasteiger partial charge on any atom is -0.341 e. The first-order valence-electron chi connectivity index (χ1n) is 8.64. The number of thioether (sulfide) groups is 1. The number of hydrogen-bond acceptors (Lipinski definition) is 4. The Labute approximate surface area is 147 Å². The molecule has 1 aliphatic carbocycles. The van der Waals surface area contributed by atoms with Crippen molar-refractivity contribution in [2.75, 3.05) is 38.5 Å². The number of piperidine rings is 1. The van der Waals surface area contributed by atoms with Crippen molar-refractivity contribution >= 4 is 29.4 Å². The third kappa shape index (κ3) is 2.66. The van der Waals surface area contributed by atoms with Crippen LogP contribution in [0.25, 0.3) is 0 Å². The molecule has 0 aromatic rings. The molecule has 1 amide bonds. The van der Waals surface area contributed by atoms with Gasteiger partial charge in [-0.2, -0.15) is 0 Å². The number of allylic oxidation sites excluding steroid dienone is 2. The molecule has 4 aliphatic rings. The van der Waals surface area contributed by atoms with Gasteiger partial charge in [0.05, 0.1) is 16.7 Å². The molecule has 126 valence electrons. The van der Waals surface area contributed by atoms with E-state index in [4.69, 9.17) is 11.8 Å². The predicted molar refractivity (Wildman–Crippen MR) is 95.5 cm³/mol. The molecule has 3 saturated heterocycles. The molecule has 0 radical (unpaired) electrons. The number of halogens is 1. The van der Waals surface area contributed by atoms with Gasteiger partial charge in [-0.3, -0.25) is 4.79 Å². The molecule has 0 bridgehead atoms. The van der Waals surface area contributed by atoms with Crippen LogP contribution in [0.2, 0.25) is 0 Å². The van der Waals surface area contributed by atoms with Crippen LogP contribution in [0.3, 0.4) is 0 Å². The van der Waals surface area contributed by atoms with Gasteiger partial charge >= 0.3 is 0 Å². The van der Waals surface area contributed by atoms with Crippen LogP contribution < -0.4 is 5.32 Å². The fourth-order valence-corrected chi connectivity index (χ4v) is 6.83. The Bertz CT molecular complexity index is 532. The first kappa shape index (κ1) is 16.0. The molecule has 3 aliphatic heterocycles. The van der Waals surface area contributed by atoms with E-state index in [0.29, 0.717) is 11.8 Å². The molecule has 4 nitrogen and oxygen atoms in total. The molecule has 6 heteroatoms. The maximum Gasteiger partial charge on any atom is 0.226 e. The van der Waals surface area contributed by atoms with Crippen LogP contribution in [0, 0.1) is 11.8 Å². The summed E-state index contributed by atoms with van der Waals surface area (Å²) >= 11 is 8.42. The van der Waals surface area contributed by atoms with Gasteiger partial charge in [0.1, 0.15) is 0 Å². The predicted octanol–water partition coefficient (Wildman–Crippen LogP) is 1.88. The Balaban J connectivity index is 1.57. The highest BCUT2D eigenvalue weighted by Crippen LogP contribution is 2.56. The van der Waals surface area contributed by atoms with Crippen LogP contribution in [0.5, 0.6) is 0 Å². The number of carbonyl (C=O) groups is 1. The van der Waals surface area contributed by atoms with Crippen molar-refractivity contribution in [2.45, 2.75) is 23.6 Å². The zero-order valence-corrected chi connectivity index (χ0v) is 14.9. The Kier molecular flexibility index (Phi) is 4.47. The molecule has 0 aromatic heterocycles. The van der Waals surface area contributed by atoms with Crippen LogP contribution in [0.15, 0.2) is 24.3 Å². The van der Waals surface area contributed by atoms with Gasteiger partial charge in [0.2, 0.25) is 5.91 Å². The van der Waals surface area contributed by atoms with E-state index >= 15 is 0 Å². The monoisotopic (exact) mass is 353 g/mol. The quantitative estimate of drug-likeness (QED) is 0.730. The molecule has 1 spiro atoms. The molecule has 0 saturated carbocycles. The molecule has 23 heavy (non-hydrogen) atoms. The van der Waals surface area contributed by atoms with E-state index in [-0.39, 0.29) is 16.7 Å². The number of carbonyl (C=O) groups excluding carboxylic acids is 1. The molecule has 3 fully saturated rings. The second-order valence-electron chi connectivity index (χ2n) is 6.91. The van der Waals surface area contributed by atoms with Crippen LogP contribution >= 0.6 is 23.5 Å². The Morgan fingerprint density at radius 1 is 1.26 bits per heavy atom. The number of nitrogens with zero attached hydrogens (tertiary/aromatic N) is 2. The van der Waals surface area contributed by atoms with Crippen LogP contribution in [-0.2, 0) is 4.79 Å². The van der Waals surface area contributed by atoms with Gasteiger partial charge in [0.25, 0.3) is 0 Å². The first-order valence-corrected chi connectivity index (χ1v) is 9.97. The van der Waals surface area contributed by atoms with Crippen molar-refractivity contribution in [3.05, 3.63) is 24.3 Å². The van der Waals surface area contributed by atoms with E-state index in [1.54, 1.807) is 0 Å². The summed E-state index contributed by atoms with van der Waals surface area (Å²) in [5.74, 6) is 1.83. The lowest BCUT2D eigenvalue weighted by Gasteiger charge is -2.48. The maximum absolute atomic E-state index is 13.2.